The predicted molar refractivity (Wildman–Crippen MR) is 121 cm³/mol. The third-order valence-electron chi connectivity index (χ3n) is 4.69. The van der Waals surface area contributed by atoms with E-state index in [4.69, 9.17) is 16.6 Å². The van der Waals surface area contributed by atoms with Gasteiger partial charge in [-0.1, -0.05) is 71.9 Å². The van der Waals surface area contributed by atoms with Crippen LogP contribution in [0.4, 0.5) is 5.69 Å². The highest BCUT2D eigenvalue weighted by atomic mass is 35.5. The molecule has 0 bridgehead atoms. The van der Waals surface area contributed by atoms with Gasteiger partial charge in [0, 0.05) is 17.0 Å². The van der Waals surface area contributed by atoms with Crippen molar-refractivity contribution >= 4 is 67.5 Å². The van der Waals surface area contributed by atoms with Crippen LogP contribution in [0.15, 0.2) is 72.0 Å². The summed E-state index contributed by atoms with van der Waals surface area (Å²) in [7, 11) is 0. The number of halogens is 1. The lowest BCUT2D eigenvalue weighted by atomic mass is 10.00. The third kappa shape index (κ3) is 3.42. The van der Waals surface area contributed by atoms with Crippen molar-refractivity contribution in [3.8, 4) is 0 Å². The van der Waals surface area contributed by atoms with Crippen LogP contribution in [0.3, 0.4) is 0 Å². The van der Waals surface area contributed by atoms with Crippen LogP contribution in [0.5, 0.6) is 0 Å². The molecule has 8 heteroatoms. The van der Waals surface area contributed by atoms with E-state index in [0.29, 0.717) is 10.8 Å². The van der Waals surface area contributed by atoms with Crippen LogP contribution in [0.1, 0.15) is 0 Å². The lowest BCUT2D eigenvalue weighted by Gasteiger charge is -2.09. The highest BCUT2D eigenvalue weighted by Gasteiger charge is 2.13. The van der Waals surface area contributed by atoms with Gasteiger partial charge < -0.3 is 5.32 Å². The molecule has 6 nitrogen and oxygen atoms in total. The van der Waals surface area contributed by atoms with Crippen molar-refractivity contribution in [1.82, 2.24) is 20.2 Å². The molecule has 0 fully saturated rings. The first kappa shape index (κ1) is 18.7. The van der Waals surface area contributed by atoms with Crippen molar-refractivity contribution in [1.29, 1.82) is 0 Å². The molecule has 0 saturated heterocycles. The average molecular weight is 432 g/mol. The van der Waals surface area contributed by atoms with Crippen LogP contribution >= 0.6 is 23.4 Å². The second kappa shape index (κ2) is 7.85. The molecule has 2 aromatic heterocycles. The van der Waals surface area contributed by atoms with Gasteiger partial charge in [-0.15, -0.1) is 10.2 Å². The molecular formula is C22H14ClN5OS. The van der Waals surface area contributed by atoms with Crippen LogP contribution < -0.4 is 5.32 Å². The maximum Gasteiger partial charge on any atom is 0.234 e. The first-order valence-electron chi connectivity index (χ1n) is 9.18. The second-order valence-corrected chi connectivity index (χ2v) is 7.86. The zero-order chi connectivity index (χ0) is 20.5. The van der Waals surface area contributed by atoms with Gasteiger partial charge >= 0.3 is 0 Å². The molecule has 5 aromatic rings. The lowest BCUT2D eigenvalue weighted by Crippen LogP contribution is -2.15. The molecule has 0 aliphatic carbocycles. The number of pyridine rings is 1. The zero-order valence-electron chi connectivity index (χ0n) is 15.5. The Morgan fingerprint density at radius 3 is 2.23 bits per heavy atom. The van der Waals surface area contributed by atoms with Gasteiger partial charge in [-0.3, -0.25) is 4.79 Å². The Labute approximate surface area is 180 Å². The number of nitrogens with zero attached hydrogens (tertiary/aromatic N) is 4. The number of thioether (sulfide) groups is 1. The van der Waals surface area contributed by atoms with Crippen LogP contribution in [0.25, 0.3) is 32.6 Å². The van der Waals surface area contributed by atoms with Crippen LogP contribution in [0.2, 0.25) is 5.15 Å². The van der Waals surface area contributed by atoms with E-state index in [1.807, 2.05) is 36.4 Å². The van der Waals surface area contributed by atoms with Crippen molar-refractivity contribution in [2.75, 3.05) is 11.1 Å². The summed E-state index contributed by atoms with van der Waals surface area (Å²) in [6.45, 7) is 0. The molecule has 5 rings (SSSR count). The molecule has 0 spiro atoms. The first-order valence-corrected chi connectivity index (χ1v) is 10.5. The second-order valence-electron chi connectivity index (χ2n) is 6.56. The van der Waals surface area contributed by atoms with Gasteiger partial charge in [0.15, 0.2) is 5.15 Å². The topological polar surface area (TPSA) is 80.7 Å². The molecule has 2 heterocycles. The fourth-order valence-corrected chi connectivity index (χ4v) is 4.14. The number of aromatic nitrogens is 4. The fourth-order valence-electron chi connectivity index (χ4n) is 3.39. The highest BCUT2D eigenvalue weighted by molar-refractivity contribution is 7.99. The minimum atomic E-state index is -0.220. The van der Waals surface area contributed by atoms with E-state index < -0.39 is 0 Å². The summed E-state index contributed by atoms with van der Waals surface area (Å²) >= 11 is 7.21. The smallest absolute Gasteiger partial charge is 0.234 e. The van der Waals surface area contributed by atoms with E-state index in [2.05, 4.69) is 32.6 Å². The summed E-state index contributed by atoms with van der Waals surface area (Å²) in [5, 5.41) is 16.4. The van der Waals surface area contributed by atoms with Gasteiger partial charge in [0.25, 0.3) is 0 Å². The third-order valence-corrected chi connectivity index (χ3v) is 5.83. The van der Waals surface area contributed by atoms with Crippen molar-refractivity contribution in [2.24, 2.45) is 0 Å². The standard InChI is InChI=1S/C22H14ClN5OS/c23-21-17(10-5-11-24-21)25-18(29)12-30-22-26-19-15-8-3-1-6-13(15)14-7-2-4-9-16(14)20(19)27-28-22/h1-11H,12H2,(H,25,29). The summed E-state index contributed by atoms with van der Waals surface area (Å²) in [5.74, 6) is -0.0915. The number of fused-ring (bicyclic) bond motifs is 6. The Bertz CT molecular complexity index is 1390. The molecule has 0 radical (unpaired) electrons. The van der Waals surface area contributed by atoms with Gasteiger partial charge in [0.05, 0.1) is 11.4 Å². The zero-order valence-corrected chi connectivity index (χ0v) is 17.1. The molecule has 0 saturated carbocycles. The van der Waals surface area contributed by atoms with Crippen molar-refractivity contribution in [3.05, 3.63) is 72.0 Å². The van der Waals surface area contributed by atoms with Crippen LogP contribution in [0, 0.1) is 0 Å². The van der Waals surface area contributed by atoms with Crippen molar-refractivity contribution in [3.63, 3.8) is 0 Å². The highest BCUT2D eigenvalue weighted by Crippen LogP contribution is 2.33. The Morgan fingerprint density at radius 1 is 0.867 bits per heavy atom. The number of carbonyl (C=O) groups excluding carboxylic acids is 1. The quantitative estimate of drug-likeness (QED) is 0.242. The SMILES string of the molecule is O=C(CSc1nnc2c3ccccc3c3ccccc3c2n1)Nc1cccnc1Cl. The molecule has 0 unspecified atom stereocenters. The van der Waals surface area contributed by atoms with Gasteiger partial charge in [-0.2, -0.15) is 0 Å². The van der Waals surface area contributed by atoms with Gasteiger partial charge in [-0.25, -0.2) is 9.97 Å². The minimum absolute atomic E-state index is 0.129. The molecule has 0 atom stereocenters. The summed E-state index contributed by atoms with van der Waals surface area (Å²) in [6, 6.07) is 19.6. The summed E-state index contributed by atoms with van der Waals surface area (Å²) in [6.07, 6.45) is 1.56. The number of nitrogens with one attached hydrogen (secondary N) is 1. The van der Waals surface area contributed by atoms with Crippen LogP contribution in [-0.4, -0.2) is 31.8 Å². The normalized spacial score (nSPS) is 11.2. The number of anilines is 1. The lowest BCUT2D eigenvalue weighted by molar-refractivity contribution is -0.113. The van der Waals surface area contributed by atoms with Gasteiger partial charge in [0.1, 0.15) is 11.0 Å². The minimum Gasteiger partial charge on any atom is -0.323 e. The number of hydrogen-bond acceptors (Lipinski definition) is 6. The molecular weight excluding hydrogens is 418 g/mol. The summed E-state index contributed by atoms with van der Waals surface area (Å²) in [5.41, 5.74) is 2.00. The Kier molecular flexibility index (Phi) is 4.90. The summed E-state index contributed by atoms with van der Waals surface area (Å²) < 4.78 is 0. The molecule has 146 valence electrons. The average Bonchev–Trinajstić information content (AvgIpc) is 2.79. The monoisotopic (exact) mass is 431 g/mol. The largest absolute Gasteiger partial charge is 0.323 e. The fraction of sp³-hybridized carbons (Fsp3) is 0.0455. The summed E-state index contributed by atoms with van der Waals surface area (Å²) in [4.78, 5) is 21.0. The molecule has 1 amide bonds. The number of carbonyl (C=O) groups is 1. The molecule has 1 N–H and O–H groups in total. The van der Waals surface area contributed by atoms with Gasteiger partial charge in [-0.05, 0) is 22.9 Å². The molecule has 0 aliphatic heterocycles. The molecule has 0 aliphatic rings. The van der Waals surface area contributed by atoms with Gasteiger partial charge in [0.2, 0.25) is 11.1 Å². The molecule has 30 heavy (non-hydrogen) atoms. The first-order chi connectivity index (χ1) is 14.7. The van der Waals surface area contributed by atoms with E-state index in [0.717, 1.165) is 32.6 Å². The number of rotatable bonds is 4. The van der Waals surface area contributed by atoms with Crippen molar-refractivity contribution in [2.45, 2.75) is 5.16 Å². The predicted octanol–water partition coefficient (Wildman–Crippen LogP) is 5.11. The number of hydrogen-bond donors (Lipinski definition) is 1. The van der Waals surface area contributed by atoms with E-state index in [9.17, 15) is 4.79 Å². The Balaban J connectivity index is 1.48. The Morgan fingerprint density at radius 2 is 1.53 bits per heavy atom. The van der Waals surface area contributed by atoms with E-state index in [1.165, 1.54) is 11.8 Å². The molecule has 3 aromatic carbocycles. The maximum absolute atomic E-state index is 12.3. The Hall–Kier alpha value is -3.29. The van der Waals surface area contributed by atoms with E-state index in [-0.39, 0.29) is 16.8 Å². The van der Waals surface area contributed by atoms with Crippen LogP contribution in [-0.2, 0) is 4.79 Å². The van der Waals surface area contributed by atoms with E-state index in [1.54, 1.807) is 18.3 Å². The number of amides is 1. The maximum atomic E-state index is 12.3. The van der Waals surface area contributed by atoms with Crippen molar-refractivity contribution < 1.29 is 4.79 Å². The van der Waals surface area contributed by atoms with E-state index >= 15 is 0 Å². The number of benzene rings is 3.